The minimum atomic E-state index is -0.153. The van der Waals surface area contributed by atoms with Gasteiger partial charge in [0, 0.05) is 11.9 Å². The van der Waals surface area contributed by atoms with E-state index in [0.717, 1.165) is 21.2 Å². The van der Waals surface area contributed by atoms with Crippen molar-refractivity contribution in [1.29, 1.82) is 0 Å². The second-order valence-electron chi connectivity index (χ2n) is 4.67. The number of thioether (sulfide) groups is 1. The molecule has 0 aliphatic rings. The summed E-state index contributed by atoms with van der Waals surface area (Å²) in [6.07, 6.45) is 1.99. The zero-order valence-corrected chi connectivity index (χ0v) is 13.9. The Kier molecular flexibility index (Phi) is 4.31. The Morgan fingerprint density at radius 2 is 2.09 bits per heavy atom. The highest BCUT2D eigenvalue weighted by molar-refractivity contribution is 7.98. The SMILES string of the molecule is CSc1ccccc1NC(=O)c1cc(-c2cccs2)nn1C. The van der Waals surface area contributed by atoms with Crippen molar-refractivity contribution in [1.82, 2.24) is 9.78 Å². The summed E-state index contributed by atoms with van der Waals surface area (Å²) < 4.78 is 1.62. The van der Waals surface area contributed by atoms with Gasteiger partial charge in [-0.15, -0.1) is 23.1 Å². The van der Waals surface area contributed by atoms with E-state index in [1.807, 2.05) is 54.1 Å². The molecule has 2 aromatic heterocycles. The normalized spacial score (nSPS) is 10.6. The Morgan fingerprint density at radius 1 is 1.27 bits per heavy atom. The molecule has 0 aliphatic carbocycles. The van der Waals surface area contributed by atoms with Crippen LogP contribution in [0.1, 0.15) is 10.5 Å². The van der Waals surface area contributed by atoms with E-state index in [1.165, 1.54) is 0 Å². The quantitative estimate of drug-likeness (QED) is 0.732. The van der Waals surface area contributed by atoms with E-state index in [9.17, 15) is 4.79 Å². The van der Waals surface area contributed by atoms with E-state index in [4.69, 9.17) is 0 Å². The van der Waals surface area contributed by atoms with Gasteiger partial charge in [0.25, 0.3) is 5.91 Å². The molecule has 0 radical (unpaired) electrons. The lowest BCUT2D eigenvalue weighted by molar-refractivity contribution is 0.101. The minimum Gasteiger partial charge on any atom is -0.320 e. The van der Waals surface area contributed by atoms with Gasteiger partial charge in [0.05, 0.1) is 10.6 Å². The Morgan fingerprint density at radius 3 is 2.82 bits per heavy atom. The van der Waals surface area contributed by atoms with Crippen molar-refractivity contribution in [2.75, 3.05) is 11.6 Å². The van der Waals surface area contributed by atoms with Crippen LogP contribution in [0.5, 0.6) is 0 Å². The molecule has 0 unspecified atom stereocenters. The summed E-state index contributed by atoms with van der Waals surface area (Å²) in [5, 5.41) is 9.38. The number of thiophene rings is 1. The highest BCUT2D eigenvalue weighted by atomic mass is 32.2. The van der Waals surface area contributed by atoms with Gasteiger partial charge in [-0.2, -0.15) is 5.10 Å². The van der Waals surface area contributed by atoms with E-state index < -0.39 is 0 Å². The fourth-order valence-electron chi connectivity index (χ4n) is 2.16. The van der Waals surface area contributed by atoms with Crippen LogP contribution < -0.4 is 5.32 Å². The Bertz CT molecular complexity index is 794. The largest absolute Gasteiger partial charge is 0.320 e. The summed E-state index contributed by atoms with van der Waals surface area (Å²) in [6, 6.07) is 13.6. The average Bonchev–Trinajstić information content (AvgIpc) is 3.17. The van der Waals surface area contributed by atoms with Crippen molar-refractivity contribution in [2.24, 2.45) is 7.05 Å². The third-order valence-corrected chi connectivity index (χ3v) is 4.93. The maximum atomic E-state index is 12.5. The third kappa shape index (κ3) is 2.93. The van der Waals surface area contributed by atoms with Crippen LogP contribution in [0, 0.1) is 0 Å². The van der Waals surface area contributed by atoms with Gasteiger partial charge in [-0.05, 0) is 35.9 Å². The molecule has 22 heavy (non-hydrogen) atoms. The van der Waals surface area contributed by atoms with Gasteiger partial charge in [-0.1, -0.05) is 18.2 Å². The fraction of sp³-hybridized carbons (Fsp3) is 0.125. The molecule has 1 aromatic carbocycles. The molecule has 0 saturated carbocycles. The van der Waals surface area contributed by atoms with E-state index in [-0.39, 0.29) is 5.91 Å². The molecule has 6 heteroatoms. The second kappa shape index (κ2) is 6.37. The highest BCUT2D eigenvalue weighted by Gasteiger charge is 2.15. The number of nitrogens with zero attached hydrogens (tertiary/aromatic N) is 2. The molecule has 0 saturated heterocycles. The molecule has 0 spiro atoms. The van der Waals surface area contributed by atoms with Crippen LogP contribution in [0.15, 0.2) is 52.7 Å². The van der Waals surface area contributed by atoms with Crippen molar-refractivity contribution >= 4 is 34.7 Å². The first-order valence-electron chi connectivity index (χ1n) is 6.71. The predicted octanol–water partition coefficient (Wildman–Crippen LogP) is 4.12. The molecular formula is C16H15N3OS2. The molecule has 1 N–H and O–H groups in total. The molecule has 0 atom stereocenters. The monoisotopic (exact) mass is 329 g/mol. The van der Waals surface area contributed by atoms with Gasteiger partial charge >= 0.3 is 0 Å². The third-order valence-electron chi connectivity index (χ3n) is 3.24. The molecule has 2 heterocycles. The first-order chi connectivity index (χ1) is 10.7. The lowest BCUT2D eigenvalue weighted by atomic mass is 10.2. The molecule has 0 aliphatic heterocycles. The first-order valence-corrected chi connectivity index (χ1v) is 8.82. The van der Waals surface area contributed by atoms with Gasteiger partial charge < -0.3 is 5.32 Å². The lowest BCUT2D eigenvalue weighted by Gasteiger charge is -2.08. The van der Waals surface area contributed by atoms with E-state index in [1.54, 1.807) is 34.8 Å². The van der Waals surface area contributed by atoms with Crippen LogP contribution in [-0.4, -0.2) is 21.9 Å². The predicted molar refractivity (Wildman–Crippen MR) is 92.7 cm³/mol. The summed E-state index contributed by atoms with van der Waals surface area (Å²) in [7, 11) is 1.78. The maximum absolute atomic E-state index is 12.5. The number of carbonyl (C=O) groups excluding carboxylic acids is 1. The van der Waals surface area contributed by atoms with Gasteiger partial charge in [-0.25, -0.2) is 0 Å². The molecule has 0 fully saturated rings. The smallest absolute Gasteiger partial charge is 0.273 e. The van der Waals surface area contributed by atoms with Crippen LogP contribution >= 0.6 is 23.1 Å². The number of nitrogens with one attached hydrogen (secondary N) is 1. The lowest BCUT2D eigenvalue weighted by Crippen LogP contribution is -2.16. The molecule has 112 valence electrons. The van der Waals surface area contributed by atoms with E-state index in [0.29, 0.717) is 5.69 Å². The molecule has 1 amide bonds. The Balaban J connectivity index is 1.87. The van der Waals surface area contributed by atoms with Gasteiger partial charge in [0.15, 0.2) is 0 Å². The van der Waals surface area contributed by atoms with Crippen LogP contribution in [0.25, 0.3) is 10.6 Å². The highest BCUT2D eigenvalue weighted by Crippen LogP contribution is 2.26. The zero-order valence-electron chi connectivity index (χ0n) is 12.2. The standard InChI is InChI=1S/C16H15N3OS2/c1-19-13(10-12(18-19)15-8-5-9-22-15)16(20)17-11-6-3-4-7-14(11)21-2/h3-10H,1-2H3,(H,17,20). The number of benzene rings is 1. The number of aryl methyl sites for hydroxylation is 1. The summed E-state index contributed by atoms with van der Waals surface area (Å²) >= 11 is 3.21. The maximum Gasteiger partial charge on any atom is 0.273 e. The molecule has 3 aromatic rings. The molecule has 0 bridgehead atoms. The second-order valence-corrected chi connectivity index (χ2v) is 6.47. The van der Waals surface area contributed by atoms with Gasteiger partial charge in [0.2, 0.25) is 0 Å². The number of anilines is 1. The number of para-hydroxylation sites is 1. The van der Waals surface area contributed by atoms with Crippen LogP contribution in [0.3, 0.4) is 0 Å². The number of aromatic nitrogens is 2. The van der Waals surface area contributed by atoms with Crippen LogP contribution in [0.2, 0.25) is 0 Å². The number of rotatable bonds is 4. The molecular weight excluding hydrogens is 314 g/mol. The van der Waals surface area contributed by atoms with Crippen molar-refractivity contribution in [3.05, 3.63) is 53.5 Å². The first kappa shape index (κ1) is 14.9. The summed E-state index contributed by atoms with van der Waals surface area (Å²) in [5.74, 6) is -0.153. The topological polar surface area (TPSA) is 46.9 Å². The van der Waals surface area contributed by atoms with Crippen molar-refractivity contribution < 1.29 is 4.79 Å². The van der Waals surface area contributed by atoms with Crippen molar-refractivity contribution in [3.63, 3.8) is 0 Å². The van der Waals surface area contributed by atoms with Crippen LogP contribution in [-0.2, 0) is 7.05 Å². The fourth-order valence-corrected chi connectivity index (χ4v) is 3.39. The Hall–Kier alpha value is -2.05. The number of amides is 1. The van der Waals surface area contributed by atoms with E-state index >= 15 is 0 Å². The Labute approximate surface area is 137 Å². The van der Waals surface area contributed by atoms with E-state index in [2.05, 4.69) is 10.4 Å². The summed E-state index contributed by atoms with van der Waals surface area (Å²) in [4.78, 5) is 14.6. The number of hydrogen-bond donors (Lipinski definition) is 1. The minimum absolute atomic E-state index is 0.153. The molecule has 3 rings (SSSR count). The van der Waals surface area contributed by atoms with Crippen molar-refractivity contribution in [2.45, 2.75) is 4.90 Å². The van der Waals surface area contributed by atoms with Gasteiger partial charge in [-0.3, -0.25) is 9.48 Å². The number of carbonyl (C=O) groups is 1. The number of hydrogen-bond acceptors (Lipinski definition) is 4. The molecule has 4 nitrogen and oxygen atoms in total. The summed E-state index contributed by atoms with van der Waals surface area (Å²) in [6.45, 7) is 0. The van der Waals surface area contributed by atoms with Crippen molar-refractivity contribution in [3.8, 4) is 10.6 Å². The van der Waals surface area contributed by atoms with Gasteiger partial charge in [0.1, 0.15) is 11.4 Å². The average molecular weight is 329 g/mol. The summed E-state index contributed by atoms with van der Waals surface area (Å²) in [5.41, 5.74) is 2.18. The van der Waals surface area contributed by atoms with Crippen LogP contribution in [0.4, 0.5) is 5.69 Å². The zero-order chi connectivity index (χ0) is 15.5.